The molecule has 0 spiro atoms. The summed E-state index contributed by atoms with van der Waals surface area (Å²) < 4.78 is 48.6. The van der Waals surface area contributed by atoms with Crippen molar-refractivity contribution in [2.75, 3.05) is 6.61 Å². The van der Waals surface area contributed by atoms with Crippen molar-refractivity contribution in [1.29, 1.82) is 0 Å². The van der Waals surface area contributed by atoms with Gasteiger partial charge in [-0.05, 0) is 91.8 Å². The molecule has 1 saturated heterocycles. The molecule has 0 aromatic carbocycles. The van der Waals surface area contributed by atoms with E-state index in [1.165, 1.54) is 0 Å². The van der Waals surface area contributed by atoms with Crippen LogP contribution in [-0.2, 0) is 24.1 Å². The van der Waals surface area contributed by atoms with Gasteiger partial charge in [0.2, 0.25) is 0 Å². The molecule has 5 rings (SSSR count). The van der Waals surface area contributed by atoms with E-state index in [2.05, 4.69) is 20.8 Å². The Labute approximate surface area is 267 Å². The van der Waals surface area contributed by atoms with E-state index in [0.29, 0.717) is 38.5 Å². The number of hydrogen-bond donors (Lipinski definition) is 7. The van der Waals surface area contributed by atoms with E-state index in [9.17, 15) is 43.6 Å². The fraction of sp³-hybridized carbons (Fsp3) is 1.00. The Kier molecular flexibility index (Phi) is 10.2. The number of aliphatic hydroxyl groups is 6. The number of hydrogen-bond acceptors (Lipinski definition) is 11. The Morgan fingerprint density at radius 3 is 2.20 bits per heavy atom. The number of aliphatic hydroxyl groups excluding tert-OH is 5. The van der Waals surface area contributed by atoms with E-state index in [0.717, 1.165) is 12.8 Å². The Bertz CT molecular complexity index is 1150. The SMILES string of the molecule is CC(C)[C@H](CC[C@@H](C)[C@H]1C[C@@H](O)[C@H]2[C@]1(C)CC[C@H]1[C@@]3(C)CC[C@H](O[C@H]4OC[C@H](O)[C@@H](O)[C@@H]4O)C[C@@H]3[C@@H](O)C[C@]12O)OS(=O)(=O)O. The lowest BCUT2D eigenvalue weighted by Gasteiger charge is -2.66. The summed E-state index contributed by atoms with van der Waals surface area (Å²) in [6.45, 7) is 9.95. The van der Waals surface area contributed by atoms with Crippen LogP contribution in [0.25, 0.3) is 0 Å². The average Bonchev–Trinajstić information content (AvgIpc) is 3.22. The van der Waals surface area contributed by atoms with Crippen LogP contribution in [0.4, 0.5) is 0 Å². The molecule has 0 radical (unpaired) electrons. The second kappa shape index (κ2) is 12.8. The summed E-state index contributed by atoms with van der Waals surface area (Å²) >= 11 is 0. The van der Waals surface area contributed by atoms with Gasteiger partial charge in [0.25, 0.3) is 0 Å². The lowest BCUT2D eigenvalue weighted by Crippen LogP contribution is -2.68. The molecule has 13 heteroatoms. The van der Waals surface area contributed by atoms with Crippen molar-refractivity contribution < 1.29 is 57.3 Å². The fourth-order valence-electron chi connectivity index (χ4n) is 10.9. The quantitative estimate of drug-likeness (QED) is 0.139. The van der Waals surface area contributed by atoms with Gasteiger partial charge in [-0.3, -0.25) is 4.55 Å². The van der Waals surface area contributed by atoms with Crippen molar-refractivity contribution in [1.82, 2.24) is 0 Å². The monoisotopic (exact) mass is 664 g/mol. The van der Waals surface area contributed by atoms with E-state index < -0.39 is 70.2 Å². The van der Waals surface area contributed by atoms with Crippen molar-refractivity contribution in [3.05, 3.63) is 0 Å². The molecule has 45 heavy (non-hydrogen) atoms. The predicted octanol–water partition coefficient (Wildman–Crippen LogP) is 1.79. The normalized spacial score (nSPS) is 50.0. The van der Waals surface area contributed by atoms with Gasteiger partial charge in [-0.1, -0.05) is 34.6 Å². The summed E-state index contributed by atoms with van der Waals surface area (Å²) in [5.41, 5.74) is -2.06. The minimum absolute atomic E-state index is 0.0728. The molecule has 1 heterocycles. The van der Waals surface area contributed by atoms with Gasteiger partial charge in [0.1, 0.15) is 18.3 Å². The van der Waals surface area contributed by atoms with Gasteiger partial charge in [-0.2, -0.15) is 8.42 Å². The molecule has 5 fully saturated rings. The van der Waals surface area contributed by atoms with Gasteiger partial charge < -0.3 is 40.1 Å². The van der Waals surface area contributed by atoms with Gasteiger partial charge >= 0.3 is 10.4 Å². The maximum absolute atomic E-state index is 12.6. The predicted molar refractivity (Wildman–Crippen MR) is 162 cm³/mol. The molecule has 7 N–H and O–H groups in total. The third-order valence-corrected chi connectivity index (χ3v) is 13.6. The average molecular weight is 665 g/mol. The van der Waals surface area contributed by atoms with Crippen molar-refractivity contribution in [2.45, 2.75) is 147 Å². The molecule has 4 aliphatic carbocycles. The summed E-state index contributed by atoms with van der Waals surface area (Å²) in [6, 6.07) is 0. The minimum atomic E-state index is -4.58. The zero-order valence-corrected chi connectivity index (χ0v) is 28.1. The highest BCUT2D eigenvalue weighted by molar-refractivity contribution is 7.80. The summed E-state index contributed by atoms with van der Waals surface area (Å²) in [5, 5.41) is 66.1. The fourth-order valence-corrected chi connectivity index (χ4v) is 11.5. The van der Waals surface area contributed by atoms with E-state index in [-0.39, 0.29) is 54.1 Å². The first-order chi connectivity index (χ1) is 20.8. The van der Waals surface area contributed by atoms with Gasteiger partial charge in [0.15, 0.2) is 6.29 Å². The Morgan fingerprint density at radius 2 is 1.56 bits per heavy atom. The molecule has 0 unspecified atom stereocenters. The van der Waals surface area contributed by atoms with E-state index in [1.807, 2.05) is 13.8 Å². The molecule has 4 saturated carbocycles. The van der Waals surface area contributed by atoms with Gasteiger partial charge in [0.05, 0.1) is 36.6 Å². The smallest absolute Gasteiger partial charge is 0.393 e. The molecule has 0 aromatic heterocycles. The number of ether oxygens (including phenoxy) is 2. The summed E-state index contributed by atoms with van der Waals surface area (Å²) in [7, 11) is -4.58. The van der Waals surface area contributed by atoms with Gasteiger partial charge in [-0.25, -0.2) is 4.18 Å². The number of rotatable bonds is 9. The summed E-state index contributed by atoms with van der Waals surface area (Å²) in [6.07, 6.45) is -2.50. The summed E-state index contributed by atoms with van der Waals surface area (Å²) in [4.78, 5) is 0. The lowest BCUT2D eigenvalue weighted by atomic mass is 9.42. The molecular formula is C32H56O12S. The molecule has 16 atom stereocenters. The first-order valence-corrected chi connectivity index (χ1v) is 18.2. The largest absolute Gasteiger partial charge is 0.397 e. The standard InChI is InChI=1S/C32H56O12S/c1-16(2)24(44-45(39,40)41)7-6-17(3)19-13-21(33)28-31(19,5)11-9-25-30(4)10-8-18(12-20(30)22(34)14-32(25,28)38)43-29-27(37)26(36)23(35)15-42-29/h16-29,33-38H,6-15H2,1-5H3,(H,39,40,41)/t17-,18+,19-,20-,21-,22+,23+,24+,25+,26-,27+,28+,29-,30+,31-,32+/m1/s1. The molecule has 0 amide bonds. The first-order valence-electron chi connectivity index (χ1n) is 16.9. The maximum atomic E-state index is 12.6. The molecular weight excluding hydrogens is 608 g/mol. The van der Waals surface area contributed by atoms with Crippen molar-refractivity contribution in [3.8, 4) is 0 Å². The third kappa shape index (κ3) is 6.50. The van der Waals surface area contributed by atoms with Crippen LogP contribution in [0.3, 0.4) is 0 Å². The van der Waals surface area contributed by atoms with Gasteiger partial charge in [0, 0.05) is 12.3 Å². The zero-order chi connectivity index (χ0) is 33.3. The highest BCUT2D eigenvalue weighted by atomic mass is 32.3. The molecule has 1 aliphatic heterocycles. The Morgan fingerprint density at radius 1 is 0.889 bits per heavy atom. The van der Waals surface area contributed by atoms with E-state index in [1.54, 1.807) is 0 Å². The van der Waals surface area contributed by atoms with Crippen LogP contribution in [0, 0.1) is 46.3 Å². The zero-order valence-electron chi connectivity index (χ0n) is 27.2. The van der Waals surface area contributed by atoms with Crippen molar-refractivity contribution in [2.24, 2.45) is 46.3 Å². The van der Waals surface area contributed by atoms with Crippen LogP contribution in [0.5, 0.6) is 0 Å². The van der Waals surface area contributed by atoms with Crippen LogP contribution in [-0.4, -0.2) is 105 Å². The Balaban J connectivity index is 1.29. The van der Waals surface area contributed by atoms with Crippen molar-refractivity contribution in [3.63, 3.8) is 0 Å². The topological polar surface area (TPSA) is 203 Å². The maximum Gasteiger partial charge on any atom is 0.397 e. The molecule has 0 bridgehead atoms. The van der Waals surface area contributed by atoms with Crippen LogP contribution < -0.4 is 0 Å². The molecule has 5 aliphatic rings. The first kappa shape index (κ1) is 35.8. The van der Waals surface area contributed by atoms with Gasteiger partial charge in [-0.15, -0.1) is 0 Å². The van der Waals surface area contributed by atoms with Crippen LogP contribution in [0.15, 0.2) is 0 Å². The lowest BCUT2D eigenvalue weighted by molar-refractivity contribution is -0.300. The van der Waals surface area contributed by atoms with Crippen LogP contribution >= 0.6 is 0 Å². The number of fused-ring (bicyclic) bond motifs is 5. The molecule has 12 nitrogen and oxygen atoms in total. The van der Waals surface area contributed by atoms with Crippen LogP contribution in [0.1, 0.15) is 92.4 Å². The van der Waals surface area contributed by atoms with Crippen molar-refractivity contribution >= 4 is 10.4 Å². The second-order valence-electron chi connectivity index (χ2n) is 16.0. The Hall–Kier alpha value is -0.450. The molecule has 262 valence electrons. The molecule has 0 aromatic rings. The highest BCUT2D eigenvalue weighted by Gasteiger charge is 2.70. The van der Waals surface area contributed by atoms with E-state index in [4.69, 9.17) is 13.7 Å². The minimum Gasteiger partial charge on any atom is -0.393 e. The van der Waals surface area contributed by atoms with E-state index >= 15 is 0 Å². The van der Waals surface area contributed by atoms with Crippen LogP contribution in [0.2, 0.25) is 0 Å². The second-order valence-corrected chi connectivity index (χ2v) is 17.1. The summed E-state index contributed by atoms with van der Waals surface area (Å²) in [5.74, 6) is -0.683. The third-order valence-electron chi connectivity index (χ3n) is 13.1. The highest BCUT2D eigenvalue weighted by Crippen LogP contribution is 2.70.